The molecule has 24 heavy (non-hydrogen) atoms. The van der Waals surface area contributed by atoms with Crippen molar-refractivity contribution in [1.29, 1.82) is 0 Å². The second kappa shape index (κ2) is 8.00. The monoisotopic (exact) mass is 382 g/mol. The molecule has 0 unspecified atom stereocenters. The van der Waals surface area contributed by atoms with Crippen LogP contribution in [-0.2, 0) is 21.0 Å². The molecule has 0 aliphatic heterocycles. The summed E-state index contributed by atoms with van der Waals surface area (Å²) in [5, 5.41) is 0. The first-order chi connectivity index (χ1) is 10.9. The molecule has 2 aromatic carbocycles. The van der Waals surface area contributed by atoms with Crippen LogP contribution in [0.15, 0.2) is 53.4 Å². The third-order valence-electron chi connectivity index (χ3n) is 2.79. The van der Waals surface area contributed by atoms with Crippen LogP contribution in [0, 0.1) is 5.82 Å². The van der Waals surface area contributed by atoms with Gasteiger partial charge in [0, 0.05) is 10.9 Å². The molecule has 0 bridgehead atoms. The second-order valence-corrected chi connectivity index (χ2v) is 8.22. The highest BCUT2D eigenvalue weighted by atomic mass is 32.2. The highest BCUT2D eigenvalue weighted by Gasteiger charge is 2.36. The molecule has 0 heterocycles. The molecule has 0 saturated carbocycles. The van der Waals surface area contributed by atoms with Crippen molar-refractivity contribution >= 4 is 21.0 Å². The summed E-state index contributed by atoms with van der Waals surface area (Å²) in [5.41, 5.74) is -3.46. The van der Waals surface area contributed by atoms with E-state index in [-0.39, 0.29) is 5.82 Å². The van der Waals surface area contributed by atoms with E-state index in [1.807, 2.05) is 12.1 Å². The van der Waals surface area contributed by atoms with Crippen LogP contribution in [0.4, 0.5) is 17.6 Å². The zero-order valence-corrected chi connectivity index (χ0v) is 14.3. The summed E-state index contributed by atoms with van der Waals surface area (Å²) in [7, 11) is -5.80. The summed E-state index contributed by atoms with van der Waals surface area (Å²) in [6.07, 6.45) is 4.40. The van der Waals surface area contributed by atoms with Crippen molar-refractivity contribution in [2.75, 3.05) is 12.5 Å². The highest BCUT2D eigenvalue weighted by Crippen LogP contribution is 2.22. The molecule has 0 aliphatic rings. The lowest BCUT2D eigenvalue weighted by atomic mass is 10.1. The van der Waals surface area contributed by atoms with Gasteiger partial charge in [0.25, 0.3) is 0 Å². The Balaban J connectivity index is 0.000000307. The molecule has 9 heteroatoms. The van der Waals surface area contributed by atoms with Crippen LogP contribution in [0.1, 0.15) is 0 Å². The lowest BCUT2D eigenvalue weighted by molar-refractivity contribution is -0.0517. The smallest absolute Gasteiger partial charge is 0.485 e. The summed E-state index contributed by atoms with van der Waals surface area (Å²) >= 11 is 0. The average molecular weight is 382 g/mol. The third kappa shape index (κ3) is 6.14. The number of rotatable bonds is 2. The van der Waals surface area contributed by atoms with Gasteiger partial charge in [-0.05, 0) is 47.5 Å². The molecular formula is C15H14F4O3S2. The molecule has 0 aromatic heterocycles. The van der Waals surface area contributed by atoms with E-state index in [4.69, 9.17) is 13.0 Å². The molecule has 0 radical (unpaired) electrons. The van der Waals surface area contributed by atoms with Gasteiger partial charge in [-0.15, -0.1) is 0 Å². The van der Waals surface area contributed by atoms with E-state index in [2.05, 4.69) is 36.8 Å². The number of halogens is 4. The zero-order valence-electron chi connectivity index (χ0n) is 12.7. The van der Waals surface area contributed by atoms with Crippen LogP contribution in [-0.4, -0.2) is 31.0 Å². The second-order valence-electron chi connectivity index (χ2n) is 4.75. The lowest BCUT2D eigenvalue weighted by Crippen LogP contribution is -2.21. The Labute approximate surface area is 140 Å². The molecule has 0 saturated heterocycles. The summed E-state index contributed by atoms with van der Waals surface area (Å²) < 4.78 is 71.7. The van der Waals surface area contributed by atoms with E-state index < -0.39 is 15.6 Å². The highest BCUT2D eigenvalue weighted by molar-refractivity contribution is 7.95. The maximum atomic E-state index is 12.8. The van der Waals surface area contributed by atoms with Crippen LogP contribution in [0.25, 0.3) is 11.1 Å². The number of hydrogen-bond acceptors (Lipinski definition) is 3. The average Bonchev–Trinajstić information content (AvgIpc) is 2.47. The van der Waals surface area contributed by atoms with E-state index in [1.54, 1.807) is 0 Å². The van der Waals surface area contributed by atoms with Gasteiger partial charge in [0.2, 0.25) is 0 Å². The van der Waals surface area contributed by atoms with Crippen LogP contribution >= 0.6 is 0 Å². The van der Waals surface area contributed by atoms with Crippen molar-refractivity contribution in [3.63, 3.8) is 0 Å². The fraction of sp³-hybridized carbons (Fsp3) is 0.200. The first-order valence-corrected chi connectivity index (χ1v) is 9.82. The van der Waals surface area contributed by atoms with Crippen LogP contribution < -0.4 is 0 Å². The first-order valence-electron chi connectivity index (χ1n) is 6.37. The zero-order chi connectivity index (χ0) is 18.5. The van der Waals surface area contributed by atoms with Gasteiger partial charge < -0.3 is 4.55 Å². The summed E-state index contributed by atoms with van der Waals surface area (Å²) in [6, 6.07) is 15.1. The molecule has 2 aromatic rings. The standard InChI is InChI=1S/C14H14FS.CHF3O3S/c1-16(2)14-9-5-12(6-10-14)11-3-7-13(15)8-4-11;2-1(3,4)8(5,6)7/h3-10H,1-2H3;(H,5,6,7)/q+1;/p-1. The van der Waals surface area contributed by atoms with Crippen LogP contribution in [0.3, 0.4) is 0 Å². The summed E-state index contributed by atoms with van der Waals surface area (Å²) in [4.78, 5) is 1.35. The molecule has 0 N–H and O–H groups in total. The maximum absolute atomic E-state index is 12.8. The van der Waals surface area contributed by atoms with Crippen LogP contribution in [0.2, 0.25) is 0 Å². The van der Waals surface area contributed by atoms with Crippen molar-refractivity contribution in [1.82, 2.24) is 0 Å². The van der Waals surface area contributed by atoms with Crippen LogP contribution in [0.5, 0.6) is 0 Å². The first kappa shape index (κ1) is 20.5. The Morgan fingerprint density at radius 2 is 1.21 bits per heavy atom. The molecule has 0 atom stereocenters. The fourth-order valence-electron chi connectivity index (χ4n) is 1.56. The van der Waals surface area contributed by atoms with Gasteiger partial charge in [0.1, 0.15) is 18.3 Å². The van der Waals surface area contributed by atoms with Gasteiger partial charge in [-0.1, -0.05) is 12.1 Å². The fourth-order valence-corrected chi connectivity index (χ4v) is 2.24. The van der Waals surface area contributed by atoms with E-state index in [0.717, 1.165) is 11.1 Å². The summed E-state index contributed by atoms with van der Waals surface area (Å²) in [6.45, 7) is 0. The van der Waals surface area contributed by atoms with Crippen molar-refractivity contribution in [2.45, 2.75) is 10.4 Å². The van der Waals surface area contributed by atoms with Gasteiger partial charge in [-0.2, -0.15) is 13.2 Å². The molecule has 0 fully saturated rings. The van der Waals surface area contributed by atoms with E-state index in [9.17, 15) is 17.6 Å². The van der Waals surface area contributed by atoms with E-state index in [0.29, 0.717) is 10.9 Å². The predicted octanol–water partition coefficient (Wildman–Crippen LogP) is 3.78. The Bertz CT molecular complexity index is 753. The molecule has 0 aliphatic carbocycles. The Kier molecular flexibility index (Phi) is 6.82. The quantitative estimate of drug-likeness (QED) is 0.344. The van der Waals surface area contributed by atoms with Crippen molar-refractivity contribution < 1.29 is 30.5 Å². The third-order valence-corrected chi connectivity index (χ3v) is 4.57. The number of benzene rings is 2. The van der Waals surface area contributed by atoms with Gasteiger partial charge in [0.05, 0.1) is 0 Å². The molecular weight excluding hydrogens is 368 g/mol. The van der Waals surface area contributed by atoms with Crippen molar-refractivity contribution in [2.24, 2.45) is 0 Å². The Hall–Kier alpha value is -1.58. The SMILES string of the molecule is C[S+](C)c1ccc(-c2ccc(F)cc2)cc1.O=S(=O)([O-])C(F)(F)F. The van der Waals surface area contributed by atoms with Crippen molar-refractivity contribution in [3.8, 4) is 11.1 Å². The number of alkyl halides is 3. The largest absolute Gasteiger partial charge is 0.741 e. The Morgan fingerprint density at radius 1 is 0.875 bits per heavy atom. The minimum absolute atomic E-state index is 0.191. The van der Waals surface area contributed by atoms with E-state index >= 15 is 0 Å². The summed E-state index contributed by atoms with van der Waals surface area (Å²) in [5.74, 6) is -0.191. The minimum Gasteiger partial charge on any atom is -0.741 e. The van der Waals surface area contributed by atoms with Gasteiger partial charge in [0.15, 0.2) is 15.0 Å². The van der Waals surface area contributed by atoms with E-state index in [1.165, 1.54) is 17.0 Å². The minimum atomic E-state index is -6.09. The lowest BCUT2D eigenvalue weighted by Gasteiger charge is -2.08. The number of hydrogen-bond donors (Lipinski definition) is 0. The molecule has 132 valence electrons. The predicted molar refractivity (Wildman–Crippen MR) is 85.1 cm³/mol. The Morgan fingerprint density at radius 3 is 1.50 bits per heavy atom. The normalized spacial score (nSPS) is 11.8. The topological polar surface area (TPSA) is 57.2 Å². The molecule has 2 rings (SSSR count). The molecule has 3 nitrogen and oxygen atoms in total. The molecule has 0 spiro atoms. The van der Waals surface area contributed by atoms with Gasteiger partial charge in [-0.25, -0.2) is 12.8 Å². The molecule has 0 amide bonds. The maximum Gasteiger partial charge on any atom is 0.485 e. The van der Waals surface area contributed by atoms with Gasteiger partial charge >= 0.3 is 5.51 Å². The van der Waals surface area contributed by atoms with Gasteiger partial charge in [-0.3, -0.25) is 0 Å². The van der Waals surface area contributed by atoms with Crippen molar-refractivity contribution in [3.05, 3.63) is 54.3 Å².